The average molecular weight is 248 g/mol. The predicted octanol–water partition coefficient (Wildman–Crippen LogP) is 3.38. The highest BCUT2D eigenvalue weighted by Gasteiger charge is 2.04. The van der Waals surface area contributed by atoms with Crippen molar-refractivity contribution < 1.29 is 4.74 Å². The molecule has 3 nitrogen and oxygen atoms in total. The number of ether oxygens (including phenoxy) is 1. The Bertz CT molecular complexity index is 508. The van der Waals surface area contributed by atoms with E-state index < -0.39 is 0 Å². The third-order valence-electron chi connectivity index (χ3n) is 2.48. The number of nitrogens with one attached hydrogen (secondary N) is 1. The Morgan fingerprint density at radius 2 is 2.18 bits per heavy atom. The summed E-state index contributed by atoms with van der Waals surface area (Å²) >= 11 is 1.67. The van der Waals surface area contributed by atoms with Crippen LogP contribution in [0.5, 0.6) is 5.75 Å². The van der Waals surface area contributed by atoms with Gasteiger partial charge in [-0.1, -0.05) is 6.07 Å². The van der Waals surface area contributed by atoms with E-state index in [0.717, 1.165) is 28.7 Å². The van der Waals surface area contributed by atoms with E-state index in [9.17, 15) is 0 Å². The number of thiazole rings is 1. The molecule has 0 bridgehead atoms. The molecular formula is C13H16N2OS. The Labute approximate surface area is 105 Å². The summed E-state index contributed by atoms with van der Waals surface area (Å²) in [4.78, 5) is 4.41. The second kappa shape index (κ2) is 5.19. The van der Waals surface area contributed by atoms with Gasteiger partial charge in [-0.15, -0.1) is 11.3 Å². The molecule has 1 aromatic carbocycles. The molecule has 4 heteroatoms. The number of aromatic nitrogens is 1. The van der Waals surface area contributed by atoms with Crippen LogP contribution >= 0.6 is 11.3 Å². The maximum absolute atomic E-state index is 5.34. The van der Waals surface area contributed by atoms with Crippen LogP contribution in [0.25, 0.3) is 0 Å². The van der Waals surface area contributed by atoms with Gasteiger partial charge in [-0.3, -0.25) is 0 Å². The van der Waals surface area contributed by atoms with Gasteiger partial charge < -0.3 is 10.1 Å². The molecular weight excluding hydrogens is 232 g/mol. The summed E-state index contributed by atoms with van der Waals surface area (Å²) in [5.41, 5.74) is 3.26. The van der Waals surface area contributed by atoms with Gasteiger partial charge in [-0.25, -0.2) is 4.98 Å². The zero-order valence-electron chi connectivity index (χ0n) is 10.3. The molecule has 0 saturated carbocycles. The van der Waals surface area contributed by atoms with E-state index in [1.54, 1.807) is 18.4 Å². The fourth-order valence-electron chi connectivity index (χ4n) is 1.62. The molecule has 1 heterocycles. The summed E-state index contributed by atoms with van der Waals surface area (Å²) in [6, 6.07) is 6.12. The van der Waals surface area contributed by atoms with Gasteiger partial charge in [0.25, 0.3) is 0 Å². The molecule has 0 aliphatic heterocycles. The van der Waals surface area contributed by atoms with E-state index in [1.807, 2.05) is 19.1 Å². The number of aryl methyl sites for hydroxylation is 2. The Hall–Kier alpha value is -1.55. The third-order valence-corrected chi connectivity index (χ3v) is 3.31. The summed E-state index contributed by atoms with van der Waals surface area (Å²) in [5.74, 6) is 0.872. The Morgan fingerprint density at radius 1 is 1.35 bits per heavy atom. The molecule has 0 spiro atoms. The molecule has 0 radical (unpaired) electrons. The number of anilines is 1. The summed E-state index contributed by atoms with van der Waals surface area (Å²) in [6.45, 7) is 4.79. The van der Waals surface area contributed by atoms with E-state index in [0.29, 0.717) is 0 Å². The first-order valence-electron chi connectivity index (χ1n) is 5.48. The van der Waals surface area contributed by atoms with E-state index in [1.165, 1.54) is 5.56 Å². The number of methoxy groups -OCH3 is 1. The number of benzene rings is 1. The van der Waals surface area contributed by atoms with Gasteiger partial charge in [-0.2, -0.15) is 0 Å². The van der Waals surface area contributed by atoms with Gasteiger partial charge in [0.2, 0.25) is 0 Å². The van der Waals surface area contributed by atoms with Crippen LogP contribution in [-0.4, -0.2) is 12.1 Å². The second-order valence-corrected chi connectivity index (χ2v) is 4.98. The Balaban J connectivity index is 2.08. The molecule has 2 rings (SSSR count). The lowest BCUT2D eigenvalue weighted by Crippen LogP contribution is -2.01. The molecule has 1 N–H and O–H groups in total. The van der Waals surface area contributed by atoms with Gasteiger partial charge in [-0.05, 0) is 31.5 Å². The first-order valence-corrected chi connectivity index (χ1v) is 6.36. The molecule has 0 fully saturated rings. The first kappa shape index (κ1) is 11.9. The molecule has 0 aliphatic rings. The number of rotatable bonds is 4. The maximum Gasteiger partial charge on any atom is 0.142 e. The van der Waals surface area contributed by atoms with Crippen molar-refractivity contribution in [2.75, 3.05) is 12.4 Å². The van der Waals surface area contributed by atoms with Crippen molar-refractivity contribution in [3.63, 3.8) is 0 Å². The Kier molecular flexibility index (Phi) is 3.64. The smallest absolute Gasteiger partial charge is 0.142 e. The van der Waals surface area contributed by atoms with Crippen LogP contribution in [-0.2, 0) is 6.54 Å². The normalized spacial score (nSPS) is 10.3. The second-order valence-electron chi connectivity index (χ2n) is 3.92. The summed E-state index contributed by atoms with van der Waals surface area (Å²) in [7, 11) is 1.69. The van der Waals surface area contributed by atoms with E-state index in [-0.39, 0.29) is 0 Å². The predicted molar refractivity (Wildman–Crippen MR) is 71.9 cm³/mol. The largest absolute Gasteiger partial charge is 0.495 e. The summed E-state index contributed by atoms with van der Waals surface area (Å²) < 4.78 is 5.34. The molecule has 17 heavy (non-hydrogen) atoms. The molecule has 0 aliphatic carbocycles. The quantitative estimate of drug-likeness (QED) is 0.900. The monoisotopic (exact) mass is 248 g/mol. The lowest BCUT2D eigenvalue weighted by molar-refractivity contribution is 0.416. The van der Waals surface area contributed by atoms with Crippen LogP contribution in [0, 0.1) is 13.8 Å². The Morgan fingerprint density at radius 3 is 2.82 bits per heavy atom. The minimum atomic E-state index is 0.726. The number of hydrogen-bond donors (Lipinski definition) is 1. The molecule has 0 saturated heterocycles. The van der Waals surface area contributed by atoms with Crippen molar-refractivity contribution in [2.45, 2.75) is 20.4 Å². The summed E-state index contributed by atoms with van der Waals surface area (Å²) in [6.07, 6.45) is 0. The van der Waals surface area contributed by atoms with Crippen molar-refractivity contribution >= 4 is 17.0 Å². The van der Waals surface area contributed by atoms with Gasteiger partial charge in [0.1, 0.15) is 5.75 Å². The van der Waals surface area contributed by atoms with E-state index >= 15 is 0 Å². The van der Waals surface area contributed by atoms with E-state index in [4.69, 9.17) is 4.74 Å². The SMILES string of the molecule is COc1cc(C)ccc1NCc1csc(C)n1. The number of hydrogen-bond acceptors (Lipinski definition) is 4. The van der Waals surface area contributed by atoms with Crippen molar-refractivity contribution in [2.24, 2.45) is 0 Å². The van der Waals surface area contributed by atoms with Crippen LogP contribution in [0.2, 0.25) is 0 Å². The van der Waals surface area contributed by atoms with Crippen molar-refractivity contribution in [3.05, 3.63) is 39.8 Å². The molecule has 0 unspecified atom stereocenters. The molecule has 90 valence electrons. The number of nitrogens with zero attached hydrogens (tertiary/aromatic N) is 1. The highest BCUT2D eigenvalue weighted by Crippen LogP contribution is 2.25. The summed E-state index contributed by atoms with van der Waals surface area (Å²) in [5, 5.41) is 6.51. The van der Waals surface area contributed by atoms with Crippen molar-refractivity contribution in [1.29, 1.82) is 0 Å². The van der Waals surface area contributed by atoms with Gasteiger partial charge in [0.15, 0.2) is 0 Å². The minimum absolute atomic E-state index is 0.726. The maximum atomic E-state index is 5.34. The standard InChI is InChI=1S/C13H16N2OS/c1-9-4-5-12(13(6-9)16-3)14-7-11-8-17-10(2)15-11/h4-6,8,14H,7H2,1-3H3. The van der Waals surface area contributed by atoms with Crippen LogP contribution in [0.15, 0.2) is 23.6 Å². The van der Waals surface area contributed by atoms with Crippen LogP contribution in [0.1, 0.15) is 16.3 Å². The lowest BCUT2D eigenvalue weighted by Gasteiger charge is -2.10. The third kappa shape index (κ3) is 2.97. The average Bonchev–Trinajstić information content (AvgIpc) is 2.73. The minimum Gasteiger partial charge on any atom is -0.495 e. The topological polar surface area (TPSA) is 34.1 Å². The van der Waals surface area contributed by atoms with Crippen LogP contribution in [0.3, 0.4) is 0 Å². The highest BCUT2D eigenvalue weighted by atomic mass is 32.1. The fraction of sp³-hybridized carbons (Fsp3) is 0.308. The molecule has 0 atom stereocenters. The van der Waals surface area contributed by atoms with Crippen LogP contribution < -0.4 is 10.1 Å². The fourth-order valence-corrected chi connectivity index (χ4v) is 2.23. The molecule has 2 aromatic rings. The molecule has 1 aromatic heterocycles. The highest BCUT2D eigenvalue weighted by molar-refractivity contribution is 7.09. The van der Waals surface area contributed by atoms with Gasteiger partial charge >= 0.3 is 0 Å². The van der Waals surface area contributed by atoms with Crippen molar-refractivity contribution in [1.82, 2.24) is 4.98 Å². The zero-order valence-corrected chi connectivity index (χ0v) is 11.1. The van der Waals surface area contributed by atoms with Gasteiger partial charge in [0.05, 0.1) is 30.0 Å². The van der Waals surface area contributed by atoms with Crippen LogP contribution in [0.4, 0.5) is 5.69 Å². The lowest BCUT2D eigenvalue weighted by atomic mass is 10.2. The van der Waals surface area contributed by atoms with Crippen molar-refractivity contribution in [3.8, 4) is 5.75 Å². The molecule has 0 amide bonds. The van der Waals surface area contributed by atoms with Gasteiger partial charge in [0, 0.05) is 5.38 Å². The first-order chi connectivity index (χ1) is 8.19. The zero-order chi connectivity index (χ0) is 12.3. The van der Waals surface area contributed by atoms with E-state index in [2.05, 4.69) is 28.7 Å².